The summed E-state index contributed by atoms with van der Waals surface area (Å²) in [6.07, 6.45) is 3.06. The monoisotopic (exact) mass is 380 g/mol. The van der Waals surface area contributed by atoms with Crippen molar-refractivity contribution in [3.05, 3.63) is 65.7 Å². The number of aromatic nitrogens is 4. The van der Waals surface area contributed by atoms with Gasteiger partial charge in [-0.3, -0.25) is 0 Å². The second kappa shape index (κ2) is 7.13. The van der Waals surface area contributed by atoms with E-state index in [2.05, 4.69) is 20.3 Å². The van der Waals surface area contributed by atoms with Gasteiger partial charge in [0.15, 0.2) is 5.75 Å². The first-order chi connectivity index (χ1) is 13.1. The van der Waals surface area contributed by atoms with E-state index in [1.807, 2.05) is 54.1 Å². The Bertz CT molecular complexity index is 1080. The topological polar surface area (TPSA) is 90.9 Å². The van der Waals surface area contributed by atoms with Gasteiger partial charge < -0.3 is 20.4 Å². The maximum atomic E-state index is 5.86. The van der Waals surface area contributed by atoms with Crippen LogP contribution in [0.2, 0.25) is 5.28 Å². The molecule has 2 aromatic heterocycles. The Labute approximate surface area is 160 Å². The van der Waals surface area contributed by atoms with Crippen LogP contribution in [0.3, 0.4) is 0 Å². The van der Waals surface area contributed by atoms with Gasteiger partial charge in [-0.1, -0.05) is 12.1 Å². The third-order valence-electron chi connectivity index (χ3n) is 4.11. The molecule has 0 fully saturated rings. The number of nitrogen functional groups attached to an aromatic ring is 1. The smallest absolute Gasteiger partial charge is 0.222 e. The first-order valence-corrected chi connectivity index (χ1v) is 8.66. The zero-order valence-corrected chi connectivity index (χ0v) is 15.3. The number of anilines is 2. The van der Waals surface area contributed by atoms with Crippen LogP contribution >= 0.6 is 11.6 Å². The number of benzene rings is 2. The maximum absolute atomic E-state index is 5.86. The number of nitrogens with zero attached hydrogens (tertiary/aromatic N) is 4. The maximum Gasteiger partial charge on any atom is 0.222 e. The third-order valence-corrected chi connectivity index (χ3v) is 4.31. The number of nitrogens with one attached hydrogen (secondary N) is 1. The third kappa shape index (κ3) is 3.78. The number of rotatable bonds is 5. The van der Waals surface area contributed by atoms with Crippen molar-refractivity contribution in [3.63, 3.8) is 0 Å². The number of nitrogens with two attached hydrogens (primary N) is 1. The van der Waals surface area contributed by atoms with Crippen molar-refractivity contribution in [2.75, 3.05) is 11.1 Å². The molecule has 0 saturated heterocycles. The highest BCUT2D eigenvalue weighted by molar-refractivity contribution is 6.28. The lowest BCUT2D eigenvalue weighted by Gasteiger charge is -2.08. The van der Waals surface area contributed by atoms with E-state index in [1.54, 1.807) is 0 Å². The summed E-state index contributed by atoms with van der Waals surface area (Å²) in [7, 11) is 1.96. The molecule has 3 N–H and O–H groups in total. The summed E-state index contributed by atoms with van der Waals surface area (Å²) >= 11 is 5.67. The lowest BCUT2D eigenvalue weighted by atomic mass is 10.2. The van der Waals surface area contributed by atoms with Crippen LogP contribution in [-0.2, 0) is 13.6 Å². The Morgan fingerprint density at radius 2 is 1.81 bits per heavy atom. The quantitative estimate of drug-likeness (QED) is 0.401. The van der Waals surface area contributed by atoms with Gasteiger partial charge in [0, 0.05) is 19.3 Å². The fourth-order valence-electron chi connectivity index (χ4n) is 2.71. The van der Waals surface area contributed by atoms with E-state index in [-0.39, 0.29) is 5.28 Å². The van der Waals surface area contributed by atoms with Crippen LogP contribution in [0.25, 0.3) is 11.0 Å². The Morgan fingerprint density at radius 1 is 1.07 bits per heavy atom. The molecule has 0 aliphatic carbocycles. The molecule has 0 bridgehead atoms. The summed E-state index contributed by atoms with van der Waals surface area (Å²) in [6, 6.07) is 13.4. The molecule has 0 saturated carbocycles. The van der Waals surface area contributed by atoms with Gasteiger partial charge >= 0.3 is 0 Å². The van der Waals surface area contributed by atoms with E-state index in [1.165, 1.54) is 12.4 Å². The molecule has 0 spiro atoms. The molecule has 136 valence electrons. The van der Waals surface area contributed by atoms with Gasteiger partial charge in [0.25, 0.3) is 0 Å². The van der Waals surface area contributed by atoms with Crippen molar-refractivity contribution in [2.24, 2.45) is 7.05 Å². The normalized spacial score (nSPS) is 10.9. The second-order valence-corrected chi connectivity index (χ2v) is 6.37. The van der Waals surface area contributed by atoms with Crippen molar-refractivity contribution < 1.29 is 4.74 Å². The molecule has 0 unspecified atom stereocenters. The number of fused-ring (bicyclic) bond motifs is 1. The fraction of sp³-hybridized carbons (Fsp3) is 0.105. The number of aryl methyl sites for hydroxylation is 1. The molecule has 0 atom stereocenters. The van der Waals surface area contributed by atoms with Crippen molar-refractivity contribution in [1.29, 1.82) is 0 Å². The molecule has 4 rings (SSSR count). The predicted octanol–water partition coefficient (Wildman–Crippen LogP) is 4.00. The summed E-state index contributed by atoms with van der Waals surface area (Å²) in [4.78, 5) is 12.4. The summed E-state index contributed by atoms with van der Waals surface area (Å²) < 4.78 is 7.68. The SMILES string of the molecule is Cn1c(NCc2ccc(Oc3cnc(Cl)nc3)cc2)nc2ccc(N)cc21. The van der Waals surface area contributed by atoms with Crippen LogP contribution in [-0.4, -0.2) is 19.5 Å². The molecule has 0 radical (unpaired) electrons. The number of hydrogen-bond acceptors (Lipinski definition) is 6. The molecule has 27 heavy (non-hydrogen) atoms. The number of imidazole rings is 1. The highest BCUT2D eigenvalue weighted by Crippen LogP contribution is 2.23. The Kier molecular flexibility index (Phi) is 4.52. The average molecular weight is 381 g/mol. The second-order valence-electron chi connectivity index (χ2n) is 6.03. The van der Waals surface area contributed by atoms with E-state index in [9.17, 15) is 0 Å². The molecule has 0 amide bonds. The molecule has 8 heteroatoms. The van der Waals surface area contributed by atoms with E-state index >= 15 is 0 Å². The lowest BCUT2D eigenvalue weighted by molar-refractivity contribution is 0.477. The molecule has 2 heterocycles. The van der Waals surface area contributed by atoms with Crippen LogP contribution in [0.4, 0.5) is 11.6 Å². The van der Waals surface area contributed by atoms with Gasteiger partial charge in [-0.25, -0.2) is 15.0 Å². The zero-order valence-electron chi connectivity index (χ0n) is 14.6. The average Bonchev–Trinajstić information content (AvgIpc) is 2.98. The molecule has 4 aromatic rings. The fourth-order valence-corrected chi connectivity index (χ4v) is 2.81. The van der Waals surface area contributed by atoms with Crippen molar-refractivity contribution >= 4 is 34.3 Å². The molecule has 0 aliphatic rings. The minimum atomic E-state index is 0.188. The van der Waals surface area contributed by atoms with Gasteiger partial charge in [0.2, 0.25) is 11.2 Å². The Morgan fingerprint density at radius 3 is 2.56 bits per heavy atom. The van der Waals surface area contributed by atoms with E-state index in [0.717, 1.165) is 28.2 Å². The first-order valence-electron chi connectivity index (χ1n) is 8.29. The Balaban J connectivity index is 1.43. The highest BCUT2D eigenvalue weighted by atomic mass is 35.5. The van der Waals surface area contributed by atoms with E-state index in [0.29, 0.717) is 18.0 Å². The van der Waals surface area contributed by atoms with Gasteiger partial charge in [-0.2, -0.15) is 0 Å². The van der Waals surface area contributed by atoms with Crippen molar-refractivity contribution in [3.8, 4) is 11.5 Å². The van der Waals surface area contributed by atoms with Gasteiger partial charge in [-0.05, 0) is 47.5 Å². The molecule has 7 nitrogen and oxygen atoms in total. The van der Waals surface area contributed by atoms with Crippen LogP contribution in [0.15, 0.2) is 54.9 Å². The number of hydrogen-bond donors (Lipinski definition) is 2. The van der Waals surface area contributed by atoms with Crippen LogP contribution in [0.1, 0.15) is 5.56 Å². The zero-order chi connectivity index (χ0) is 18.8. The minimum absolute atomic E-state index is 0.188. The lowest BCUT2D eigenvalue weighted by Crippen LogP contribution is -2.04. The summed E-state index contributed by atoms with van der Waals surface area (Å²) in [6.45, 7) is 0.636. The standard InChI is InChI=1S/C19H17ClN6O/c1-26-17-8-13(21)4-7-16(17)25-19(26)24-9-12-2-5-14(6-3-12)27-15-10-22-18(20)23-11-15/h2-8,10-11H,9,21H2,1H3,(H,24,25). The van der Waals surface area contributed by atoms with Crippen molar-refractivity contribution in [2.45, 2.75) is 6.54 Å². The summed E-state index contributed by atoms with van der Waals surface area (Å²) in [5.74, 6) is 2.02. The minimum Gasteiger partial charge on any atom is -0.454 e. The van der Waals surface area contributed by atoms with Gasteiger partial charge in [0.05, 0.1) is 23.4 Å². The summed E-state index contributed by atoms with van der Waals surface area (Å²) in [5, 5.41) is 3.54. The summed E-state index contributed by atoms with van der Waals surface area (Å²) in [5.41, 5.74) is 9.57. The Hall–Kier alpha value is -3.32. The van der Waals surface area contributed by atoms with E-state index < -0.39 is 0 Å². The van der Waals surface area contributed by atoms with Gasteiger partial charge in [-0.15, -0.1) is 0 Å². The van der Waals surface area contributed by atoms with Gasteiger partial charge in [0.1, 0.15) is 5.75 Å². The molecule has 0 aliphatic heterocycles. The van der Waals surface area contributed by atoms with E-state index in [4.69, 9.17) is 22.1 Å². The van der Waals surface area contributed by atoms with Crippen LogP contribution in [0, 0.1) is 0 Å². The van der Waals surface area contributed by atoms with Crippen LogP contribution < -0.4 is 15.8 Å². The van der Waals surface area contributed by atoms with Crippen LogP contribution in [0.5, 0.6) is 11.5 Å². The largest absolute Gasteiger partial charge is 0.454 e. The predicted molar refractivity (Wildman–Crippen MR) is 106 cm³/mol. The highest BCUT2D eigenvalue weighted by Gasteiger charge is 2.08. The molecule has 2 aromatic carbocycles. The molecular weight excluding hydrogens is 364 g/mol. The molecular formula is C19H17ClN6O. The number of ether oxygens (including phenoxy) is 1. The number of halogens is 1. The van der Waals surface area contributed by atoms with Crippen molar-refractivity contribution in [1.82, 2.24) is 19.5 Å². The first kappa shape index (κ1) is 17.1.